The molecular weight excluding hydrogens is 582 g/mol. The number of amides is 1. The van der Waals surface area contributed by atoms with E-state index in [1.165, 1.54) is 18.2 Å². The lowest BCUT2D eigenvalue weighted by molar-refractivity contribution is -0.268. The Morgan fingerprint density at radius 1 is 0.864 bits per heavy atom. The monoisotopic (exact) mass is 611 g/mol. The molecule has 4 aromatic carbocycles. The zero-order chi connectivity index (χ0) is 30.8. The maximum atomic E-state index is 13.1. The van der Waals surface area contributed by atoms with E-state index in [1.807, 2.05) is 42.5 Å². The van der Waals surface area contributed by atoms with Gasteiger partial charge in [-0.2, -0.15) is 0 Å². The molecule has 4 atom stereocenters. The van der Waals surface area contributed by atoms with E-state index in [0.29, 0.717) is 17.0 Å². The SMILES string of the molecule is C[C@H]1[C@@H](CSc2ccc(O)cc2)OC(c2cccc(NC(=O)c3ccc4c(c3)C(=O)OC4=O)c2)O[C@H]1c1ccc(CO)cc1. The molecule has 0 bridgehead atoms. The third-order valence-electron chi connectivity index (χ3n) is 7.70. The summed E-state index contributed by atoms with van der Waals surface area (Å²) in [5.74, 6) is -1.14. The van der Waals surface area contributed by atoms with E-state index in [-0.39, 0.29) is 47.2 Å². The summed E-state index contributed by atoms with van der Waals surface area (Å²) in [6.45, 7) is 2.03. The first-order chi connectivity index (χ1) is 21.3. The Morgan fingerprint density at radius 2 is 1.61 bits per heavy atom. The number of carbonyl (C=O) groups is 3. The number of fused-ring (bicyclic) bond motifs is 1. The molecule has 0 aromatic heterocycles. The predicted octanol–water partition coefficient (Wildman–Crippen LogP) is 6.03. The molecule has 9 nitrogen and oxygen atoms in total. The highest BCUT2D eigenvalue weighted by atomic mass is 32.2. The number of phenols is 1. The van der Waals surface area contributed by atoms with Crippen LogP contribution in [0.4, 0.5) is 5.69 Å². The van der Waals surface area contributed by atoms with Crippen molar-refractivity contribution in [1.82, 2.24) is 0 Å². The van der Waals surface area contributed by atoms with E-state index in [4.69, 9.17) is 9.47 Å². The smallest absolute Gasteiger partial charge is 0.346 e. The van der Waals surface area contributed by atoms with Gasteiger partial charge in [-0.25, -0.2) is 9.59 Å². The number of aliphatic hydroxyl groups excluding tert-OH is 1. The fourth-order valence-corrected chi connectivity index (χ4v) is 6.29. The third-order valence-corrected chi connectivity index (χ3v) is 8.80. The van der Waals surface area contributed by atoms with Crippen molar-refractivity contribution in [2.45, 2.75) is 36.9 Å². The minimum Gasteiger partial charge on any atom is -0.508 e. The van der Waals surface area contributed by atoms with Crippen LogP contribution in [0, 0.1) is 5.92 Å². The number of hydrogen-bond donors (Lipinski definition) is 3. The summed E-state index contributed by atoms with van der Waals surface area (Å²) in [5, 5.41) is 22.0. The number of phenolic OH excluding ortho intramolecular Hbond substituents is 1. The van der Waals surface area contributed by atoms with Gasteiger partial charge in [0.15, 0.2) is 6.29 Å². The van der Waals surface area contributed by atoms with Gasteiger partial charge in [-0.15, -0.1) is 11.8 Å². The second-order valence-corrected chi connectivity index (χ2v) is 11.7. The molecule has 4 aromatic rings. The van der Waals surface area contributed by atoms with Crippen LogP contribution in [0.25, 0.3) is 0 Å². The van der Waals surface area contributed by atoms with Crippen molar-refractivity contribution in [3.05, 3.63) is 124 Å². The van der Waals surface area contributed by atoms with Crippen molar-refractivity contribution in [2.75, 3.05) is 11.1 Å². The van der Waals surface area contributed by atoms with Crippen LogP contribution in [0.1, 0.15) is 67.1 Å². The molecule has 1 unspecified atom stereocenters. The van der Waals surface area contributed by atoms with Gasteiger partial charge in [0.2, 0.25) is 0 Å². The summed E-state index contributed by atoms with van der Waals surface area (Å²) >= 11 is 1.62. The number of cyclic esters (lactones) is 2. The van der Waals surface area contributed by atoms with Crippen molar-refractivity contribution in [2.24, 2.45) is 5.92 Å². The molecule has 1 fully saturated rings. The van der Waals surface area contributed by atoms with Gasteiger partial charge in [-0.05, 0) is 65.7 Å². The summed E-state index contributed by atoms with van der Waals surface area (Å²) in [7, 11) is 0. The normalized spacial score (nSPS) is 21.0. The van der Waals surface area contributed by atoms with Crippen molar-refractivity contribution in [1.29, 1.82) is 0 Å². The number of esters is 2. The Kier molecular flexibility index (Phi) is 8.49. The number of thioether (sulfide) groups is 1. The van der Waals surface area contributed by atoms with Gasteiger partial charge in [0.1, 0.15) is 5.75 Å². The number of ether oxygens (including phenoxy) is 3. The molecule has 0 spiro atoms. The summed E-state index contributed by atoms with van der Waals surface area (Å²) in [4.78, 5) is 37.8. The molecule has 1 amide bonds. The first kappa shape index (κ1) is 29.6. The molecule has 1 saturated heterocycles. The fourth-order valence-electron chi connectivity index (χ4n) is 5.22. The number of nitrogens with one attached hydrogen (secondary N) is 1. The molecule has 224 valence electrons. The van der Waals surface area contributed by atoms with Crippen molar-refractivity contribution in [3.8, 4) is 5.75 Å². The quantitative estimate of drug-likeness (QED) is 0.124. The molecule has 2 aliphatic rings. The van der Waals surface area contributed by atoms with Gasteiger partial charge in [0.25, 0.3) is 5.91 Å². The number of rotatable bonds is 8. The lowest BCUT2D eigenvalue weighted by atomic mass is 9.91. The molecule has 10 heteroatoms. The van der Waals surface area contributed by atoms with Crippen LogP contribution in [-0.2, 0) is 20.8 Å². The highest BCUT2D eigenvalue weighted by molar-refractivity contribution is 7.99. The molecule has 0 radical (unpaired) electrons. The van der Waals surface area contributed by atoms with Crippen LogP contribution >= 0.6 is 11.8 Å². The predicted molar refractivity (Wildman–Crippen MR) is 162 cm³/mol. The van der Waals surface area contributed by atoms with Gasteiger partial charge in [-0.1, -0.05) is 43.3 Å². The van der Waals surface area contributed by atoms with Gasteiger partial charge < -0.3 is 29.7 Å². The Balaban J connectivity index is 1.23. The fraction of sp³-hybridized carbons (Fsp3) is 0.206. The number of aliphatic hydroxyl groups is 1. The average Bonchev–Trinajstić information content (AvgIpc) is 3.33. The third kappa shape index (κ3) is 6.24. The van der Waals surface area contributed by atoms with Crippen LogP contribution in [0.15, 0.2) is 95.9 Å². The zero-order valence-electron chi connectivity index (χ0n) is 23.6. The molecule has 6 rings (SSSR count). The molecule has 44 heavy (non-hydrogen) atoms. The summed E-state index contributed by atoms with van der Waals surface area (Å²) in [5.41, 5.74) is 3.36. The van der Waals surface area contributed by atoms with E-state index in [2.05, 4.69) is 17.0 Å². The first-order valence-corrected chi connectivity index (χ1v) is 15.0. The van der Waals surface area contributed by atoms with E-state index < -0.39 is 24.1 Å². The van der Waals surface area contributed by atoms with Crippen LogP contribution < -0.4 is 5.32 Å². The van der Waals surface area contributed by atoms with Gasteiger partial charge in [-0.3, -0.25) is 4.79 Å². The number of carbonyl (C=O) groups excluding carboxylic acids is 3. The second kappa shape index (κ2) is 12.6. The second-order valence-electron chi connectivity index (χ2n) is 10.6. The van der Waals surface area contributed by atoms with Crippen molar-refractivity contribution in [3.63, 3.8) is 0 Å². The molecular formula is C34H29NO8S. The molecule has 0 aliphatic carbocycles. The van der Waals surface area contributed by atoms with Crippen molar-refractivity contribution < 1.29 is 38.8 Å². The van der Waals surface area contributed by atoms with Crippen LogP contribution in [0.3, 0.4) is 0 Å². The summed E-state index contributed by atoms with van der Waals surface area (Å²) < 4.78 is 17.7. The van der Waals surface area contributed by atoms with Crippen LogP contribution in [0.5, 0.6) is 5.75 Å². The largest absolute Gasteiger partial charge is 0.508 e. The van der Waals surface area contributed by atoms with Crippen molar-refractivity contribution >= 4 is 35.3 Å². The maximum Gasteiger partial charge on any atom is 0.346 e. The van der Waals surface area contributed by atoms with Crippen LogP contribution in [0.2, 0.25) is 0 Å². The maximum absolute atomic E-state index is 13.1. The molecule has 2 aliphatic heterocycles. The lowest BCUT2D eigenvalue weighted by Gasteiger charge is -2.41. The molecule has 0 saturated carbocycles. The lowest BCUT2D eigenvalue weighted by Crippen LogP contribution is -2.38. The highest BCUT2D eigenvalue weighted by Crippen LogP contribution is 2.43. The topological polar surface area (TPSA) is 131 Å². The average molecular weight is 612 g/mol. The minimum atomic E-state index is -0.777. The number of aromatic hydroxyl groups is 1. The highest BCUT2D eigenvalue weighted by Gasteiger charge is 2.38. The van der Waals surface area contributed by atoms with E-state index in [9.17, 15) is 24.6 Å². The van der Waals surface area contributed by atoms with Gasteiger partial charge in [0.05, 0.1) is 29.9 Å². The van der Waals surface area contributed by atoms with E-state index >= 15 is 0 Å². The Hall–Kier alpha value is -4.48. The van der Waals surface area contributed by atoms with Gasteiger partial charge in [0, 0.05) is 33.4 Å². The Bertz CT molecular complexity index is 1710. The first-order valence-electron chi connectivity index (χ1n) is 14.0. The minimum absolute atomic E-state index is 0.0166. The van der Waals surface area contributed by atoms with E-state index in [1.54, 1.807) is 42.1 Å². The number of benzene rings is 4. The Morgan fingerprint density at radius 3 is 2.36 bits per heavy atom. The Labute approximate surface area is 257 Å². The number of anilines is 1. The van der Waals surface area contributed by atoms with Crippen LogP contribution in [-0.4, -0.2) is 39.9 Å². The summed E-state index contributed by atoms with van der Waals surface area (Å²) in [6.07, 6.45) is -1.25. The summed E-state index contributed by atoms with van der Waals surface area (Å²) in [6, 6.07) is 26.1. The van der Waals surface area contributed by atoms with E-state index in [0.717, 1.165) is 16.0 Å². The molecule has 3 N–H and O–H groups in total. The standard InChI is InChI=1S/C34H29NO8S/c1-19-29(18-44-26-12-10-25(37)11-13-26)41-34(42-30(19)21-7-5-20(17-36)6-8-21)23-3-2-4-24(15-23)35-31(38)22-9-14-27-28(16-22)33(40)43-32(27)39/h2-16,19,29-30,34,36-37H,17-18H2,1H3,(H,35,38)/t19-,29+,30+,34?/m0/s1. The van der Waals surface area contributed by atoms with Gasteiger partial charge >= 0.3 is 11.9 Å². The zero-order valence-corrected chi connectivity index (χ0v) is 24.5. The number of hydrogen-bond acceptors (Lipinski definition) is 9. The molecule has 2 heterocycles.